The number of carbonyl (C=O) groups is 1. The summed E-state index contributed by atoms with van der Waals surface area (Å²) in [6.07, 6.45) is 1.79. The maximum absolute atomic E-state index is 12.1. The fraction of sp³-hybridized carbons (Fsp3) is 0.0667. The van der Waals surface area contributed by atoms with E-state index in [4.69, 9.17) is 16.3 Å². The molecule has 0 bridgehead atoms. The minimum Gasteiger partial charge on any atom is -0.465 e. The van der Waals surface area contributed by atoms with Crippen molar-refractivity contribution in [2.45, 2.75) is 0 Å². The normalized spacial score (nSPS) is 10.7. The highest BCUT2D eigenvalue weighted by atomic mass is 35.5. The number of halogens is 1. The molecule has 3 rings (SSSR count). The summed E-state index contributed by atoms with van der Waals surface area (Å²) in [5.74, 6) is -0.416. The Labute approximate surface area is 120 Å². The molecule has 0 radical (unpaired) electrons. The summed E-state index contributed by atoms with van der Waals surface area (Å²) in [5, 5.41) is 5.04. The molecule has 2 heterocycles. The number of hydrogen-bond donors (Lipinski definition) is 0. The van der Waals surface area contributed by atoms with Crippen molar-refractivity contribution in [1.82, 2.24) is 9.61 Å². The monoisotopic (exact) mass is 286 g/mol. The first-order chi connectivity index (χ1) is 9.70. The van der Waals surface area contributed by atoms with E-state index in [1.807, 2.05) is 30.3 Å². The number of nitrogens with zero attached hydrogens (tertiary/aromatic N) is 2. The Kier molecular flexibility index (Phi) is 3.16. The molecule has 2 aromatic heterocycles. The molecule has 1 aromatic carbocycles. The van der Waals surface area contributed by atoms with E-state index < -0.39 is 5.97 Å². The molecule has 0 saturated heterocycles. The van der Waals surface area contributed by atoms with Gasteiger partial charge in [-0.25, -0.2) is 9.31 Å². The largest absolute Gasteiger partial charge is 0.465 e. The van der Waals surface area contributed by atoms with Crippen LogP contribution in [0.5, 0.6) is 0 Å². The van der Waals surface area contributed by atoms with Crippen molar-refractivity contribution in [3.8, 4) is 11.3 Å². The van der Waals surface area contributed by atoms with E-state index in [2.05, 4.69) is 5.10 Å². The molecule has 100 valence electrons. The summed E-state index contributed by atoms with van der Waals surface area (Å²) in [7, 11) is 1.36. The molecular formula is C15H11ClN2O2. The van der Waals surface area contributed by atoms with Gasteiger partial charge in [0.05, 0.1) is 12.6 Å². The lowest BCUT2D eigenvalue weighted by molar-refractivity contribution is 0.0604. The maximum atomic E-state index is 12.1. The molecule has 3 aromatic rings. The molecule has 0 atom stereocenters. The van der Waals surface area contributed by atoms with Gasteiger partial charge < -0.3 is 4.74 Å². The van der Waals surface area contributed by atoms with E-state index in [-0.39, 0.29) is 0 Å². The molecule has 0 amide bonds. The molecule has 4 nitrogen and oxygen atoms in total. The van der Waals surface area contributed by atoms with Gasteiger partial charge in [-0.2, -0.15) is 5.10 Å². The van der Waals surface area contributed by atoms with Crippen LogP contribution in [0.25, 0.3) is 16.8 Å². The number of rotatable bonds is 2. The van der Waals surface area contributed by atoms with E-state index in [1.54, 1.807) is 22.8 Å². The van der Waals surface area contributed by atoms with E-state index in [1.165, 1.54) is 7.11 Å². The van der Waals surface area contributed by atoms with Crippen LogP contribution in [0.4, 0.5) is 0 Å². The lowest BCUT2D eigenvalue weighted by atomic mass is 10.1. The Bertz CT molecular complexity index is 795. The number of aromatic nitrogens is 2. The van der Waals surface area contributed by atoms with Gasteiger partial charge in [0.25, 0.3) is 0 Å². The molecule has 0 saturated carbocycles. The number of benzene rings is 1. The van der Waals surface area contributed by atoms with Gasteiger partial charge in [0.2, 0.25) is 0 Å². The van der Waals surface area contributed by atoms with Crippen LogP contribution in [0, 0.1) is 0 Å². The highest BCUT2D eigenvalue weighted by molar-refractivity contribution is 6.30. The minimum absolute atomic E-state index is 0.416. The highest BCUT2D eigenvalue weighted by Gasteiger charge is 2.21. The van der Waals surface area contributed by atoms with E-state index in [0.717, 1.165) is 5.56 Å². The Hall–Kier alpha value is -2.33. The molecule has 0 unspecified atom stereocenters. The highest BCUT2D eigenvalue weighted by Crippen LogP contribution is 2.28. The lowest BCUT2D eigenvalue weighted by Gasteiger charge is -2.01. The number of fused-ring (bicyclic) bond motifs is 1. The molecular weight excluding hydrogens is 276 g/mol. The Morgan fingerprint density at radius 2 is 2.10 bits per heavy atom. The predicted molar refractivity (Wildman–Crippen MR) is 77.0 cm³/mol. The van der Waals surface area contributed by atoms with Crippen LogP contribution in [0.3, 0.4) is 0 Å². The van der Waals surface area contributed by atoms with Crippen LogP contribution < -0.4 is 0 Å². The van der Waals surface area contributed by atoms with Crippen LogP contribution in [0.1, 0.15) is 10.4 Å². The molecule has 0 aliphatic heterocycles. The smallest absolute Gasteiger partial charge is 0.342 e. The number of ether oxygens (including phenoxy) is 1. The summed E-state index contributed by atoms with van der Waals surface area (Å²) < 4.78 is 6.53. The summed E-state index contributed by atoms with van der Waals surface area (Å²) in [6.45, 7) is 0. The third-order valence-electron chi connectivity index (χ3n) is 3.03. The minimum atomic E-state index is -0.416. The Morgan fingerprint density at radius 3 is 2.85 bits per heavy atom. The Balaban J connectivity index is 2.32. The van der Waals surface area contributed by atoms with Crippen molar-refractivity contribution >= 4 is 23.1 Å². The van der Waals surface area contributed by atoms with Crippen LogP contribution in [0.15, 0.2) is 48.7 Å². The van der Waals surface area contributed by atoms with Gasteiger partial charge in [0, 0.05) is 16.8 Å². The van der Waals surface area contributed by atoms with Gasteiger partial charge in [-0.15, -0.1) is 0 Å². The molecule has 0 N–H and O–H groups in total. The molecule has 0 aliphatic rings. The summed E-state index contributed by atoms with van der Waals surface area (Å²) >= 11 is 6.01. The average molecular weight is 287 g/mol. The van der Waals surface area contributed by atoms with Crippen molar-refractivity contribution in [2.75, 3.05) is 7.11 Å². The third-order valence-corrected chi connectivity index (χ3v) is 3.26. The number of hydrogen-bond acceptors (Lipinski definition) is 3. The summed E-state index contributed by atoms with van der Waals surface area (Å²) in [4.78, 5) is 12.1. The van der Waals surface area contributed by atoms with Crippen molar-refractivity contribution in [3.05, 3.63) is 59.2 Å². The van der Waals surface area contributed by atoms with Crippen molar-refractivity contribution in [1.29, 1.82) is 0 Å². The summed E-state index contributed by atoms with van der Waals surface area (Å²) in [5.41, 5.74) is 2.48. The SMILES string of the molecule is COC(=O)c1c(-c2cccc(Cl)c2)nn2ccccc12. The first-order valence-corrected chi connectivity index (χ1v) is 6.40. The van der Waals surface area contributed by atoms with Gasteiger partial charge in [0.15, 0.2) is 0 Å². The number of methoxy groups -OCH3 is 1. The quantitative estimate of drug-likeness (QED) is 0.678. The fourth-order valence-corrected chi connectivity index (χ4v) is 2.33. The second kappa shape index (κ2) is 4.98. The van der Waals surface area contributed by atoms with Crippen molar-refractivity contribution < 1.29 is 9.53 Å². The van der Waals surface area contributed by atoms with Gasteiger partial charge in [-0.05, 0) is 24.3 Å². The molecule has 0 fully saturated rings. The lowest BCUT2D eigenvalue weighted by Crippen LogP contribution is -2.02. The van der Waals surface area contributed by atoms with Crippen LogP contribution >= 0.6 is 11.6 Å². The standard InChI is InChI=1S/C15H11ClN2O2/c1-20-15(19)13-12-7-2-3-8-18(12)17-14(13)10-5-4-6-11(16)9-10/h2-9H,1H3. The Morgan fingerprint density at radius 1 is 1.25 bits per heavy atom. The number of carbonyl (C=O) groups excluding carboxylic acids is 1. The fourth-order valence-electron chi connectivity index (χ4n) is 2.14. The van der Waals surface area contributed by atoms with E-state index >= 15 is 0 Å². The van der Waals surface area contributed by atoms with Gasteiger partial charge in [-0.1, -0.05) is 29.8 Å². The van der Waals surface area contributed by atoms with E-state index in [9.17, 15) is 4.79 Å². The van der Waals surface area contributed by atoms with Crippen LogP contribution in [0.2, 0.25) is 5.02 Å². The zero-order valence-corrected chi connectivity index (χ0v) is 11.5. The van der Waals surface area contributed by atoms with E-state index in [0.29, 0.717) is 21.8 Å². The van der Waals surface area contributed by atoms with Crippen molar-refractivity contribution in [2.24, 2.45) is 0 Å². The topological polar surface area (TPSA) is 43.6 Å². The first kappa shape index (κ1) is 12.7. The predicted octanol–water partition coefficient (Wildman–Crippen LogP) is 3.44. The molecule has 20 heavy (non-hydrogen) atoms. The number of esters is 1. The summed E-state index contributed by atoms with van der Waals surface area (Å²) in [6, 6.07) is 12.8. The van der Waals surface area contributed by atoms with Gasteiger partial charge >= 0.3 is 5.97 Å². The maximum Gasteiger partial charge on any atom is 0.342 e. The number of pyridine rings is 1. The zero-order chi connectivity index (χ0) is 14.1. The van der Waals surface area contributed by atoms with Crippen molar-refractivity contribution in [3.63, 3.8) is 0 Å². The molecule has 5 heteroatoms. The second-order valence-corrected chi connectivity index (χ2v) is 4.69. The van der Waals surface area contributed by atoms with Crippen LogP contribution in [-0.4, -0.2) is 22.7 Å². The third kappa shape index (κ3) is 2.04. The molecule has 0 spiro atoms. The average Bonchev–Trinajstić information content (AvgIpc) is 2.86. The second-order valence-electron chi connectivity index (χ2n) is 4.26. The molecule has 0 aliphatic carbocycles. The van der Waals surface area contributed by atoms with Gasteiger partial charge in [-0.3, -0.25) is 0 Å². The zero-order valence-electron chi connectivity index (χ0n) is 10.7. The van der Waals surface area contributed by atoms with Crippen LogP contribution in [-0.2, 0) is 4.74 Å². The van der Waals surface area contributed by atoms with Gasteiger partial charge in [0.1, 0.15) is 11.3 Å². The first-order valence-electron chi connectivity index (χ1n) is 6.02.